The summed E-state index contributed by atoms with van der Waals surface area (Å²) >= 11 is 6.05. The summed E-state index contributed by atoms with van der Waals surface area (Å²) in [6.07, 6.45) is 1.75. The van der Waals surface area contributed by atoms with Crippen LogP contribution in [0, 0.1) is 19.7 Å². The number of aliphatic imine (C=N–C) groups is 1. The van der Waals surface area contributed by atoms with Gasteiger partial charge in [0.05, 0.1) is 17.7 Å². The van der Waals surface area contributed by atoms with Crippen LogP contribution in [0.15, 0.2) is 35.3 Å². The van der Waals surface area contributed by atoms with E-state index in [0.29, 0.717) is 10.7 Å². The minimum atomic E-state index is -0.293. The van der Waals surface area contributed by atoms with E-state index in [9.17, 15) is 4.39 Å². The lowest BCUT2D eigenvalue weighted by Gasteiger charge is -2.14. The van der Waals surface area contributed by atoms with E-state index in [1.54, 1.807) is 6.34 Å². The average molecular weight is 334 g/mol. The molecule has 0 saturated heterocycles. The van der Waals surface area contributed by atoms with Gasteiger partial charge in [-0.15, -0.1) is 0 Å². The summed E-state index contributed by atoms with van der Waals surface area (Å²) in [7, 11) is 1.94. The Morgan fingerprint density at radius 1 is 1.22 bits per heavy atom. The van der Waals surface area contributed by atoms with Gasteiger partial charge >= 0.3 is 0 Å². The van der Waals surface area contributed by atoms with Crippen LogP contribution in [0.5, 0.6) is 0 Å². The molecule has 2 rings (SSSR count). The van der Waals surface area contributed by atoms with E-state index in [0.717, 1.165) is 29.0 Å². The minimum absolute atomic E-state index is 0.293. The van der Waals surface area contributed by atoms with Crippen molar-refractivity contribution in [3.05, 3.63) is 52.3 Å². The minimum Gasteiger partial charge on any atom is -0.366 e. The maximum absolute atomic E-state index is 13.8. The molecule has 0 amide bonds. The molecule has 2 aromatic carbocycles. The number of anilines is 2. The molecule has 0 bridgehead atoms. The molecule has 3 nitrogen and oxygen atoms in total. The van der Waals surface area contributed by atoms with E-state index in [1.165, 1.54) is 12.1 Å². The second-order valence-electron chi connectivity index (χ2n) is 5.53. The van der Waals surface area contributed by atoms with Crippen molar-refractivity contribution in [3.8, 4) is 0 Å². The number of hydrogen-bond acceptors (Lipinski definition) is 2. The van der Waals surface area contributed by atoms with Crippen LogP contribution in [0.3, 0.4) is 0 Å². The molecular weight excluding hydrogens is 313 g/mol. The maximum Gasteiger partial charge on any atom is 0.125 e. The van der Waals surface area contributed by atoms with Crippen LogP contribution in [0.25, 0.3) is 0 Å². The Bertz CT molecular complexity index is 728. The van der Waals surface area contributed by atoms with Crippen molar-refractivity contribution < 1.29 is 4.39 Å². The summed E-state index contributed by atoms with van der Waals surface area (Å²) in [6.45, 7) is 6.67. The van der Waals surface area contributed by atoms with Gasteiger partial charge in [0.2, 0.25) is 0 Å². The fourth-order valence-electron chi connectivity index (χ4n) is 2.12. The third-order valence-corrected chi connectivity index (χ3v) is 4.01. The molecule has 23 heavy (non-hydrogen) atoms. The number of halogens is 2. The largest absolute Gasteiger partial charge is 0.366 e. The highest BCUT2D eigenvalue weighted by atomic mass is 35.5. The summed E-state index contributed by atoms with van der Waals surface area (Å²) < 4.78 is 13.8. The van der Waals surface area contributed by atoms with Crippen molar-refractivity contribution >= 4 is 35.0 Å². The number of hydrogen-bond donors (Lipinski definition) is 1. The van der Waals surface area contributed by atoms with Crippen molar-refractivity contribution in [2.24, 2.45) is 4.99 Å². The van der Waals surface area contributed by atoms with Gasteiger partial charge in [-0.1, -0.05) is 11.6 Å². The number of benzene rings is 2. The van der Waals surface area contributed by atoms with Gasteiger partial charge in [-0.3, -0.25) is 0 Å². The quantitative estimate of drug-likeness (QED) is 0.582. The number of rotatable bonds is 5. The Labute approximate surface area is 141 Å². The Balaban J connectivity index is 2.39. The molecule has 0 radical (unpaired) electrons. The average Bonchev–Trinajstić information content (AvgIpc) is 2.49. The maximum atomic E-state index is 13.8. The van der Waals surface area contributed by atoms with E-state index >= 15 is 0 Å². The third kappa shape index (κ3) is 4.45. The first kappa shape index (κ1) is 17.3. The van der Waals surface area contributed by atoms with Gasteiger partial charge in [0.15, 0.2) is 0 Å². The number of aryl methyl sites for hydroxylation is 2. The fourth-order valence-corrected chi connectivity index (χ4v) is 2.24. The van der Waals surface area contributed by atoms with Gasteiger partial charge in [0, 0.05) is 24.3 Å². The lowest BCUT2D eigenvalue weighted by atomic mass is 10.1. The first-order valence-corrected chi connectivity index (χ1v) is 7.86. The van der Waals surface area contributed by atoms with Crippen molar-refractivity contribution in [2.75, 3.05) is 18.9 Å². The first-order valence-electron chi connectivity index (χ1n) is 7.48. The smallest absolute Gasteiger partial charge is 0.125 e. The third-order valence-electron chi connectivity index (χ3n) is 3.58. The first-order chi connectivity index (χ1) is 10.9. The van der Waals surface area contributed by atoms with Crippen LogP contribution in [-0.4, -0.2) is 24.8 Å². The van der Waals surface area contributed by atoms with E-state index in [2.05, 4.69) is 10.3 Å². The molecule has 0 heterocycles. The Morgan fingerprint density at radius 3 is 2.61 bits per heavy atom. The van der Waals surface area contributed by atoms with E-state index in [-0.39, 0.29) is 5.82 Å². The van der Waals surface area contributed by atoms with Crippen LogP contribution in [-0.2, 0) is 0 Å². The molecule has 0 aromatic heterocycles. The molecule has 0 atom stereocenters. The second-order valence-corrected chi connectivity index (χ2v) is 5.93. The lowest BCUT2D eigenvalue weighted by Crippen LogP contribution is -2.14. The molecule has 0 spiro atoms. The summed E-state index contributed by atoms with van der Waals surface area (Å²) in [5, 5.41) is 3.94. The van der Waals surface area contributed by atoms with Crippen LogP contribution >= 0.6 is 11.6 Å². The number of nitrogens with zero attached hydrogens (tertiary/aromatic N) is 2. The molecule has 2 aromatic rings. The predicted octanol–water partition coefficient (Wildman–Crippen LogP) is 5.45. The highest BCUT2D eigenvalue weighted by Gasteiger charge is 2.09. The topological polar surface area (TPSA) is 27.6 Å². The second kappa shape index (κ2) is 7.47. The fraction of sp³-hybridized carbons (Fsp3) is 0.278. The molecule has 0 fully saturated rings. The summed E-state index contributed by atoms with van der Waals surface area (Å²) in [4.78, 5) is 6.46. The van der Waals surface area contributed by atoms with Crippen LogP contribution in [0.1, 0.15) is 18.1 Å². The zero-order valence-corrected chi connectivity index (χ0v) is 14.6. The van der Waals surface area contributed by atoms with Crippen LogP contribution in [0.2, 0.25) is 5.02 Å². The summed E-state index contributed by atoms with van der Waals surface area (Å²) in [6, 6.07) is 8.54. The van der Waals surface area contributed by atoms with Crippen LogP contribution in [0.4, 0.5) is 21.5 Å². The predicted molar refractivity (Wildman–Crippen MR) is 97.1 cm³/mol. The molecule has 0 aliphatic carbocycles. The van der Waals surface area contributed by atoms with Gasteiger partial charge < -0.3 is 10.2 Å². The monoisotopic (exact) mass is 333 g/mol. The molecule has 0 aliphatic heterocycles. The zero-order valence-electron chi connectivity index (χ0n) is 13.8. The highest BCUT2D eigenvalue weighted by molar-refractivity contribution is 6.31. The van der Waals surface area contributed by atoms with Gasteiger partial charge in [-0.2, -0.15) is 0 Å². The highest BCUT2D eigenvalue weighted by Crippen LogP contribution is 2.33. The summed E-state index contributed by atoms with van der Waals surface area (Å²) in [5.41, 5.74) is 3.93. The Hall–Kier alpha value is -2.07. The van der Waals surface area contributed by atoms with Crippen molar-refractivity contribution in [3.63, 3.8) is 0 Å². The molecule has 5 heteroatoms. The Morgan fingerprint density at radius 2 is 1.96 bits per heavy atom. The zero-order chi connectivity index (χ0) is 17.0. The van der Waals surface area contributed by atoms with Gasteiger partial charge in [0.1, 0.15) is 5.82 Å². The van der Waals surface area contributed by atoms with Crippen molar-refractivity contribution in [1.29, 1.82) is 0 Å². The standard InChI is InChI=1S/C18H21ClFN3/c1-5-23(4)11-21-18-13(3)8-14(20)10-17(18)22-15-6-7-16(19)12(2)9-15/h6-11,22H,5H2,1-4H3. The van der Waals surface area contributed by atoms with Crippen molar-refractivity contribution in [1.82, 2.24) is 4.90 Å². The molecule has 0 saturated carbocycles. The van der Waals surface area contributed by atoms with Gasteiger partial charge in [0.25, 0.3) is 0 Å². The Kier molecular flexibility index (Phi) is 5.61. The molecular formula is C18H21ClFN3. The number of nitrogens with one attached hydrogen (secondary N) is 1. The van der Waals surface area contributed by atoms with E-state index in [1.807, 2.05) is 50.9 Å². The molecule has 0 unspecified atom stereocenters. The lowest BCUT2D eigenvalue weighted by molar-refractivity contribution is 0.552. The molecule has 0 aliphatic rings. The van der Waals surface area contributed by atoms with Gasteiger partial charge in [-0.25, -0.2) is 9.38 Å². The van der Waals surface area contributed by atoms with Crippen molar-refractivity contribution in [2.45, 2.75) is 20.8 Å². The van der Waals surface area contributed by atoms with E-state index < -0.39 is 0 Å². The normalized spacial score (nSPS) is 11.0. The SMILES string of the molecule is CCN(C)C=Nc1c(C)cc(F)cc1Nc1ccc(Cl)c(C)c1. The van der Waals surface area contributed by atoms with Crippen LogP contribution < -0.4 is 5.32 Å². The molecule has 1 N–H and O–H groups in total. The van der Waals surface area contributed by atoms with Gasteiger partial charge in [-0.05, 0) is 62.2 Å². The summed E-state index contributed by atoms with van der Waals surface area (Å²) in [5.74, 6) is -0.293. The molecule has 122 valence electrons. The van der Waals surface area contributed by atoms with E-state index in [4.69, 9.17) is 11.6 Å².